The van der Waals surface area contributed by atoms with Crippen molar-refractivity contribution in [3.63, 3.8) is 0 Å². The minimum Gasteiger partial charge on any atom is -0.465 e. The Morgan fingerprint density at radius 3 is 2.59 bits per heavy atom. The van der Waals surface area contributed by atoms with Crippen LogP contribution < -0.4 is 0 Å². The van der Waals surface area contributed by atoms with E-state index in [1.54, 1.807) is 4.90 Å². The predicted octanol–water partition coefficient (Wildman–Crippen LogP) is 2.07. The van der Waals surface area contributed by atoms with Crippen molar-refractivity contribution in [2.45, 2.75) is 76.7 Å². The molecule has 8 nitrogen and oxygen atoms in total. The molecule has 34 heavy (non-hydrogen) atoms. The molecule has 0 bridgehead atoms. The number of unbranched alkanes of at least 4 members (excludes halogenated alkanes) is 1. The molecule has 2 fully saturated rings. The van der Waals surface area contributed by atoms with Gasteiger partial charge in [0, 0.05) is 13.1 Å². The molecule has 0 radical (unpaired) electrons. The number of cyclic esters (lactones) is 1. The molecular weight excluding hydrogens is 436 g/mol. The molecule has 2 saturated heterocycles. The van der Waals surface area contributed by atoms with E-state index in [1.807, 2.05) is 45.1 Å². The van der Waals surface area contributed by atoms with Gasteiger partial charge in [-0.15, -0.1) is 0 Å². The van der Waals surface area contributed by atoms with Gasteiger partial charge >= 0.3 is 5.97 Å². The maximum absolute atomic E-state index is 14.2. The van der Waals surface area contributed by atoms with Gasteiger partial charge in [0.25, 0.3) is 0 Å². The normalized spacial score (nSPS) is 37.4. The summed E-state index contributed by atoms with van der Waals surface area (Å²) in [7, 11) is 0. The van der Waals surface area contributed by atoms with E-state index < -0.39 is 41.1 Å². The number of carbonyl (C=O) groups excluding carboxylic acids is 3. The summed E-state index contributed by atoms with van der Waals surface area (Å²) in [6, 6.07) is -1.52. The molecule has 0 aromatic carbocycles. The van der Waals surface area contributed by atoms with Crippen molar-refractivity contribution in [1.29, 1.82) is 0 Å². The van der Waals surface area contributed by atoms with Crippen LogP contribution >= 0.6 is 0 Å². The fraction of sp³-hybridized carbons (Fsp3) is 0.731. The van der Waals surface area contributed by atoms with Crippen LogP contribution in [-0.2, 0) is 23.9 Å². The van der Waals surface area contributed by atoms with Crippen LogP contribution in [0.4, 0.5) is 0 Å². The van der Waals surface area contributed by atoms with Crippen LogP contribution in [0.2, 0.25) is 0 Å². The third kappa shape index (κ3) is 3.79. The highest BCUT2D eigenvalue weighted by molar-refractivity contribution is 5.99. The zero-order chi connectivity index (χ0) is 24.7. The fourth-order valence-corrected chi connectivity index (χ4v) is 6.15. The van der Waals surface area contributed by atoms with Crippen molar-refractivity contribution in [2.24, 2.45) is 17.8 Å². The van der Waals surface area contributed by atoms with Gasteiger partial charge in [0.1, 0.15) is 17.6 Å². The zero-order valence-corrected chi connectivity index (χ0v) is 20.7. The summed E-state index contributed by atoms with van der Waals surface area (Å²) in [5.74, 6) is -2.87. The van der Waals surface area contributed by atoms with Crippen molar-refractivity contribution < 1.29 is 29.0 Å². The van der Waals surface area contributed by atoms with Gasteiger partial charge in [0.2, 0.25) is 11.8 Å². The molecule has 2 amide bonds. The van der Waals surface area contributed by atoms with Gasteiger partial charge in [-0.05, 0) is 32.1 Å². The van der Waals surface area contributed by atoms with Gasteiger partial charge in [-0.1, -0.05) is 51.5 Å². The second-order valence-electron chi connectivity index (χ2n) is 10.5. The van der Waals surface area contributed by atoms with Crippen LogP contribution in [0.1, 0.15) is 53.4 Å². The maximum Gasteiger partial charge on any atom is 0.313 e. The van der Waals surface area contributed by atoms with E-state index in [4.69, 9.17) is 9.47 Å². The third-order valence-corrected chi connectivity index (χ3v) is 7.87. The van der Waals surface area contributed by atoms with Crippen LogP contribution in [0.25, 0.3) is 0 Å². The van der Waals surface area contributed by atoms with Crippen LogP contribution in [0.5, 0.6) is 0 Å². The van der Waals surface area contributed by atoms with Crippen molar-refractivity contribution in [1.82, 2.24) is 9.80 Å². The standard InChI is InChI=1S/C26H38N2O6/c1-5-6-13-27-14-10-12-26-19(20-24(32)33-15-9-7-8-11-25(20,4)34-26)22(30)28(21(26)23(27)31)18(16-29)17(2)3/h8,10-12,17-21,29H,5-7,9,13-16H2,1-4H3/b11-8-/t18-,19-,20+,21?,25-,26-/m0/s1. The minimum absolute atomic E-state index is 0.0901. The molecule has 1 N–H and O–H groups in total. The number of esters is 1. The van der Waals surface area contributed by atoms with Crippen molar-refractivity contribution >= 4 is 17.8 Å². The van der Waals surface area contributed by atoms with E-state index in [9.17, 15) is 19.5 Å². The second-order valence-corrected chi connectivity index (χ2v) is 10.5. The van der Waals surface area contributed by atoms with Crippen molar-refractivity contribution in [3.05, 3.63) is 24.3 Å². The molecule has 0 aromatic rings. The molecule has 0 aliphatic carbocycles. The Morgan fingerprint density at radius 2 is 1.91 bits per heavy atom. The number of amides is 2. The number of likely N-dealkylation sites (tertiary alicyclic amines) is 1. The molecule has 4 heterocycles. The van der Waals surface area contributed by atoms with E-state index in [0.717, 1.165) is 19.3 Å². The van der Waals surface area contributed by atoms with Crippen molar-refractivity contribution in [3.8, 4) is 0 Å². The van der Waals surface area contributed by atoms with Gasteiger partial charge < -0.3 is 24.4 Å². The molecular formula is C26H38N2O6. The number of rotatable bonds is 6. The highest BCUT2D eigenvalue weighted by Gasteiger charge is 2.75. The predicted molar refractivity (Wildman–Crippen MR) is 126 cm³/mol. The number of hydrogen-bond donors (Lipinski definition) is 1. The summed E-state index contributed by atoms with van der Waals surface area (Å²) in [5, 5.41) is 10.3. The maximum atomic E-state index is 14.2. The monoisotopic (exact) mass is 474 g/mol. The molecule has 4 rings (SSSR count). The Morgan fingerprint density at radius 1 is 1.15 bits per heavy atom. The van der Waals surface area contributed by atoms with E-state index in [-0.39, 0.29) is 30.9 Å². The molecule has 8 heteroatoms. The molecule has 4 aliphatic heterocycles. The zero-order valence-electron chi connectivity index (χ0n) is 20.7. The lowest BCUT2D eigenvalue weighted by Gasteiger charge is -2.41. The molecule has 6 atom stereocenters. The van der Waals surface area contributed by atoms with Gasteiger partial charge in [0.15, 0.2) is 0 Å². The Labute approximate surface area is 201 Å². The lowest BCUT2D eigenvalue weighted by atomic mass is 9.74. The summed E-state index contributed by atoms with van der Waals surface area (Å²) in [5.41, 5.74) is -2.39. The smallest absolute Gasteiger partial charge is 0.313 e. The van der Waals surface area contributed by atoms with Crippen LogP contribution in [0, 0.1) is 17.8 Å². The van der Waals surface area contributed by atoms with E-state index in [0.29, 0.717) is 19.5 Å². The molecule has 0 aromatic heterocycles. The Balaban J connectivity index is 1.88. The molecule has 1 spiro atoms. The van der Waals surface area contributed by atoms with Gasteiger partial charge in [0.05, 0.1) is 30.8 Å². The summed E-state index contributed by atoms with van der Waals surface area (Å²) in [6.45, 7) is 8.72. The third-order valence-electron chi connectivity index (χ3n) is 7.87. The number of nitrogens with zero attached hydrogens (tertiary/aromatic N) is 2. The van der Waals surface area contributed by atoms with Crippen LogP contribution in [-0.4, -0.2) is 82.3 Å². The Bertz CT molecular complexity index is 885. The highest BCUT2D eigenvalue weighted by Crippen LogP contribution is 2.57. The first-order valence-corrected chi connectivity index (χ1v) is 12.7. The minimum atomic E-state index is -1.31. The number of aliphatic hydroxyl groups excluding tert-OH is 1. The Kier molecular flexibility index (Phi) is 6.93. The first-order chi connectivity index (χ1) is 16.2. The largest absolute Gasteiger partial charge is 0.465 e. The van der Waals surface area contributed by atoms with Gasteiger partial charge in [-0.3, -0.25) is 14.4 Å². The lowest BCUT2D eigenvalue weighted by Crippen LogP contribution is -2.59. The summed E-state index contributed by atoms with van der Waals surface area (Å²) < 4.78 is 12.3. The van der Waals surface area contributed by atoms with Crippen LogP contribution in [0.3, 0.4) is 0 Å². The van der Waals surface area contributed by atoms with E-state index >= 15 is 0 Å². The first kappa shape index (κ1) is 24.9. The number of allylic oxidation sites excluding steroid dienone is 1. The average Bonchev–Trinajstić information content (AvgIpc) is 3.14. The second kappa shape index (κ2) is 9.46. The SMILES string of the molecule is CCCCN1CC=C[C@]23O[C@@]4(C)/C=C\CCCOC(=O)[C@H]4[C@H]2C(=O)N([C@@H](CO)C(C)C)C3C1=O. The average molecular weight is 475 g/mol. The van der Waals surface area contributed by atoms with Gasteiger partial charge in [-0.25, -0.2) is 0 Å². The number of ether oxygens (including phenoxy) is 2. The molecule has 188 valence electrons. The number of aliphatic hydroxyl groups is 1. The highest BCUT2D eigenvalue weighted by atomic mass is 16.6. The summed E-state index contributed by atoms with van der Waals surface area (Å²) >= 11 is 0. The fourth-order valence-electron chi connectivity index (χ4n) is 6.15. The molecule has 4 aliphatic rings. The topological polar surface area (TPSA) is 96.4 Å². The van der Waals surface area contributed by atoms with E-state index in [1.165, 1.54) is 4.90 Å². The number of hydrogen-bond acceptors (Lipinski definition) is 6. The molecule has 0 saturated carbocycles. The summed E-state index contributed by atoms with van der Waals surface area (Å²) in [6.07, 6.45) is 10.8. The van der Waals surface area contributed by atoms with Crippen LogP contribution in [0.15, 0.2) is 24.3 Å². The van der Waals surface area contributed by atoms with Gasteiger partial charge in [-0.2, -0.15) is 0 Å². The lowest BCUT2D eigenvalue weighted by molar-refractivity contribution is -0.162. The summed E-state index contributed by atoms with van der Waals surface area (Å²) in [4.78, 5) is 44.8. The molecule has 1 unspecified atom stereocenters. The Hall–Kier alpha value is -2.19. The van der Waals surface area contributed by atoms with Crippen molar-refractivity contribution in [2.75, 3.05) is 26.3 Å². The number of fused-ring (bicyclic) bond motifs is 2. The van der Waals surface area contributed by atoms with E-state index in [2.05, 4.69) is 6.92 Å². The first-order valence-electron chi connectivity index (χ1n) is 12.7. The quantitative estimate of drug-likeness (QED) is 0.468. The number of carbonyl (C=O) groups is 3.